The number of nitrogens with one attached hydrogen (secondary N) is 1. The molecule has 1 N–H and O–H groups in total. The van der Waals surface area contributed by atoms with Crippen molar-refractivity contribution >= 4 is 22.9 Å². The summed E-state index contributed by atoms with van der Waals surface area (Å²) in [6.45, 7) is 0. The number of tetrazole rings is 1. The van der Waals surface area contributed by atoms with E-state index in [-0.39, 0.29) is 11.4 Å². The Labute approximate surface area is 116 Å². The maximum Gasteiger partial charge on any atom is 0.275 e. The molecule has 0 bridgehead atoms. The molecule has 0 radical (unpaired) electrons. The number of carbonyl (C=O) groups is 1. The van der Waals surface area contributed by atoms with Gasteiger partial charge in [0.1, 0.15) is 17.8 Å². The predicted octanol–water partition coefficient (Wildman–Crippen LogP) is 1.51. The second-order valence-corrected chi connectivity index (χ2v) is 4.47. The molecule has 0 aliphatic heterocycles. The molecule has 2 heterocycles. The molecule has 9 heteroatoms. The van der Waals surface area contributed by atoms with Gasteiger partial charge in [-0.2, -0.15) is 0 Å². The van der Waals surface area contributed by atoms with Crippen molar-refractivity contribution < 1.29 is 9.18 Å². The smallest absolute Gasteiger partial charge is 0.275 e. The Morgan fingerprint density at radius 1 is 1.40 bits per heavy atom. The Bertz CT molecular complexity index is 727. The van der Waals surface area contributed by atoms with Crippen LogP contribution in [0.3, 0.4) is 0 Å². The molecule has 0 aliphatic carbocycles. The molecule has 0 aliphatic rings. The topological polar surface area (TPSA) is 85.6 Å². The van der Waals surface area contributed by atoms with Crippen molar-refractivity contribution in [3.63, 3.8) is 0 Å². The number of aromatic nitrogens is 5. The van der Waals surface area contributed by atoms with E-state index in [0.29, 0.717) is 5.69 Å². The molecular weight excluding hydrogens is 283 g/mol. The number of rotatable bonds is 3. The molecule has 100 valence electrons. The van der Waals surface area contributed by atoms with E-state index >= 15 is 0 Å². The predicted molar refractivity (Wildman–Crippen MR) is 69.2 cm³/mol. The van der Waals surface area contributed by atoms with Crippen LogP contribution in [-0.4, -0.2) is 31.1 Å². The molecular formula is C11H7FN6OS. The molecule has 3 aromatic rings. The molecule has 0 fully saturated rings. The number of carbonyl (C=O) groups excluding carboxylic acids is 1. The van der Waals surface area contributed by atoms with Crippen LogP contribution in [0.1, 0.15) is 10.5 Å². The fourth-order valence-electron chi connectivity index (χ4n) is 1.54. The number of nitrogens with zero attached hydrogens (tertiary/aromatic N) is 5. The first-order valence-corrected chi connectivity index (χ1v) is 6.41. The Balaban J connectivity index is 1.89. The highest BCUT2D eigenvalue weighted by Gasteiger charge is 2.12. The first-order chi connectivity index (χ1) is 9.74. The number of hydrogen-bond donors (Lipinski definition) is 1. The lowest BCUT2D eigenvalue weighted by Crippen LogP contribution is -2.13. The Hall–Kier alpha value is -2.68. The number of thiazole rings is 1. The lowest BCUT2D eigenvalue weighted by atomic mass is 10.2. The molecule has 0 atom stereocenters. The van der Waals surface area contributed by atoms with E-state index in [0.717, 1.165) is 0 Å². The summed E-state index contributed by atoms with van der Waals surface area (Å²) in [5.41, 5.74) is 2.34. The number of anilines is 1. The molecule has 0 saturated carbocycles. The van der Waals surface area contributed by atoms with Crippen LogP contribution in [0, 0.1) is 5.82 Å². The van der Waals surface area contributed by atoms with Crippen LogP contribution in [0.15, 0.2) is 35.4 Å². The maximum atomic E-state index is 13.7. The fourth-order valence-corrected chi connectivity index (χ4v) is 2.07. The van der Waals surface area contributed by atoms with Crippen LogP contribution < -0.4 is 5.32 Å². The third-order valence-corrected chi connectivity index (χ3v) is 3.06. The summed E-state index contributed by atoms with van der Waals surface area (Å²) >= 11 is 1.29. The third-order valence-electron chi connectivity index (χ3n) is 2.48. The van der Waals surface area contributed by atoms with E-state index in [2.05, 4.69) is 25.8 Å². The number of benzene rings is 1. The summed E-state index contributed by atoms with van der Waals surface area (Å²) in [6.07, 6.45) is 1.37. The zero-order valence-electron chi connectivity index (χ0n) is 9.89. The third kappa shape index (κ3) is 2.38. The Kier molecular flexibility index (Phi) is 3.17. The Morgan fingerprint density at radius 2 is 2.30 bits per heavy atom. The maximum absolute atomic E-state index is 13.7. The first-order valence-electron chi connectivity index (χ1n) is 5.46. The zero-order valence-corrected chi connectivity index (χ0v) is 10.7. The van der Waals surface area contributed by atoms with Gasteiger partial charge in [0.2, 0.25) is 0 Å². The van der Waals surface area contributed by atoms with Gasteiger partial charge in [-0.15, -0.1) is 16.4 Å². The van der Waals surface area contributed by atoms with Crippen LogP contribution in [0.5, 0.6) is 0 Å². The molecule has 0 spiro atoms. The van der Waals surface area contributed by atoms with Crippen LogP contribution in [-0.2, 0) is 0 Å². The van der Waals surface area contributed by atoms with Crippen LogP contribution in [0.25, 0.3) is 5.69 Å². The first kappa shape index (κ1) is 12.4. The van der Waals surface area contributed by atoms with Gasteiger partial charge in [0.25, 0.3) is 5.91 Å². The number of halogens is 1. The summed E-state index contributed by atoms with van der Waals surface area (Å²) in [5, 5.41) is 14.7. The highest BCUT2D eigenvalue weighted by molar-refractivity contribution is 7.07. The minimum Gasteiger partial charge on any atom is -0.318 e. The van der Waals surface area contributed by atoms with Gasteiger partial charge in [-0.05, 0) is 28.6 Å². The highest BCUT2D eigenvalue weighted by Crippen LogP contribution is 2.19. The second-order valence-electron chi connectivity index (χ2n) is 3.75. The molecule has 1 aromatic carbocycles. The highest BCUT2D eigenvalue weighted by atomic mass is 32.1. The van der Waals surface area contributed by atoms with Crippen molar-refractivity contribution in [3.8, 4) is 5.69 Å². The van der Waals surface area contributed by atoms with E-state index in [1.807, 2.05) is 0 Å². The van der Waals surface area contributed by atoms with E-state index in [9.17, 15) is 9.18 Å². The van der Waals surface area contributed by atoms with E-state index in [4.69, 9.17) is 0 Å². The summed E-state index contributed by atoms with van der Waals surface area (Å²) in [5.74, 6) is -1.02. The molecule has 7 nitrogen and oxygen atoms in total. The molecule has 0 unspecified atom stereocenters. The Morgan fingerprint density at radius 3 is 3.00 bits per heavy atom. The standard InChI is InChI=1S/C11H7FN6OS/c12-8-2-1-7(18-5-14-16-17-18)3-9(8)15-11(19)10-4-20-6-13-10/h1-6H,(H,15,19). The monoisotopic (exact) mass is 290 g/mol. The largest absolute Gasteiger partial charge is 0.318 e. The SMILES string of the molecule is O=C(Nc1cc(-n2cnnn2)ccc1F)c1cscn1. The summed E-state index contributed by atoms with van der Waals surface area (Å²) in [7, 11) is 0. The normalized spacial score (nSPS) is 10.4. The van der Waals surface area contributed by atoms with Crippen molar-refractivity contribution in [3.05, 3.63) is 46.9 Å². The van der Waals surface area contributed by atoms with Gasteiger partial charge in [0.15, 0.2) is 0 Å². The van der Waals surface area contributed by atoms with Gasteiger partial charge in [0, 0.05) is 5.38 Å². The van der Waals surface area contributed by atoms with Crippen LogP contribution in [0.2, 0.25) is 0 Å². The zero-order chi connectivity index (χ0) is 13.9. The summed E-state index contributed by atoms with van der Waals surface area (Å²) in [6, 6.07) is 4.17. The quantitative estimate of drug-likeness (QED) is 0.790. The van der Waals surface area contributed by atoms with Gasteiger partial charge >= 0.3 is 0 Å². The lowest BCUT2D eigenvalue weighted by molar-refractivity contribution is 0.102. The van der Waals surface area contributed by atoms with E-state index in [1.54, 1.807) is 5.38 Å². The van der Waals surface area contributed by atoms with Crippen molar-refractivity contribution in [2.45, 2.75) is 0 Å². The molecule has 2 aromatic heterocycles. The van der Waals surface area contributed by atoms with Crippen LogP contribution >= 0.6 is 11.3 Å². The van der Waals surface area contributed by atoms with Gasteiger partial charge < -0.3 is 5.32 Å². The number of amides is 1. The minimum absolute atomic E-state index is 0.0380. The van der Waals surface area contributed by atoms with Gasteiger partial charge in [-0.3, -0.25) is 4.79 Å². The average molecular weight is 290 g/mol. The van der Waals surface area contributed by atoms with Gasteiger partial charge in [0.05, 0.1) is 16.9 Å². The number of hydrogen-bond acceptors (Lipinski definition) is 6. The molecule has 0 saturated heterocycles. The lowest BCUT2D eigenvalue weighted by Gasteiger charge is -2.07. The molecule has 1 amide bonds. The van der Waals surface area contributed by atoms with Crippen molar-refractivity contribution in [1.82, 2.24) is 25.2 Å². The van der Waals surface area contributed by atoms with Crippen LogP contribution in [0.4, 0.5) is 10.1 Å². The second kappa shape index (κ2) is 5.13. The van der Waals surface area contributed by atoms with E-state index in [1.165, 1.54) is 46.1 Å². The summed E-state index contributed by atoms with van der Waals surface area (Å²) < 4.78 is 15.1. The van der Waals surface area contributed by atoms with Crippen molar-refractivity contribution in [1.29, 1.82) is 0 Å². The molecule has 20 heavy (non-hydrogen) atoms. The van der Waals surface area contributed by atoms with E-state index < -0.39 is 11.7 Å². The fraction of sp³-hybridized carbons (Fsp3) is 0. The van der Waals surface area contributed by atoms with Gasteiger partial charge in [-0.1, -0.05) is 0 Å². The molecule has 3 rings (SSSR count). The van der Waals surface area contributed by atoms with Gasteiger partial charge in [-0.25, -0.2) is 14.1 Å². The minimum atomic E-state index is -0.551. The van der Waals surface area contributed by atoms with Crippen molar-refractivity contribution in [2.75, 3.05) is 5.32 Å². The summed E-state index contributed by atoms with van der Waals surface area (Å²) in [4.78, 5) is 15.7. The van der Waals surface area contributed by atoms with Crippen molar-refractivity contribution in [2.24, 2.45) is 0 Å². The average Bonchev–Trinajstić information content (AvgIpc) is 3.14.